The predicted octanol–water partition coefficient (Wildman–Crippen LogP) is 4.51. The second kappa shape index (κ2) is 6.99. The molecule has 0 amide bonds. The van der Waals surface area contributed by atoms with Crippen molar-refractivity contribution in [2.24, 2.45) is 0 Å². The molecule has 1 aliphatic rings. The van der Waals surface area contributed by atoms with E-state index in [0.29, 0.717) is 5.75 Å². The molecule has 1 unspecified atom stereocenters. The van der Waals surface area contributed by atoms with Crippen LogP contribution in [0.5, 0.6) is 11.5 Å². The van der Waals surface area contributed by atoms with Crippen molar-refractivity contribution in [3.8, 4) is 11.5 Å². The van der Waals surface area contributed by atoms with E-state index in [1.807, 2.05) is 12.1 Å². The Labute approximate surface area is 158 Å². The molecule has 3 nitrogen and oxygen atoms in total. The van der Waals surface area contributed by atoms with E-state index >= 15 is 0 Å². The first kappa shape index (κ1) is 17.0. The lowest BCUT2D eigenvalue weighted by atomic mass is 9.90. The van der Waals surface area contributed by atoms with Crippen molar-refractivity contribution in [1.82, 2.24) is 5.32 Å². The maximum absolute atomic E-state index is 9.90. The zero-order chi connectivity index (χ0) is 16.6. The van der Waals surface area contributed by atoms with Crippen LogP contribution in [0.4, 0.5) is 0 Å². The van der Waals surface area contributed by atoms with Gasteiger partial charge < -0.3 is 15.2 Å². The van der Waals surface area contributed by atoms with Crippen LogP contribution < -0.4 is 10.1 Å². The van der Waals surface area contributed by atoms with Gasteiger partial charge in [0, 0.05) is 6.04 Å². The molecular formula is C18H19BrINO2. The molecule has 1 heterocycles. The van der Waals surface area contributed by atoms with Gasteiger partial charge in [-0.15, -0.1) is 0 Å². The van der Waals surface area contributed by atoms with Gasteiger partial charge in [-0.05, 0) is 105 Å². The highest BCUT2D eigenvalue weighted by atomic mass is 127. The fraction of sp³-hybridized carbons (Fsp3) is 0.333. The molecule has 0 saturated carbocycles. The van der Waals surface area contributed by atoms with Crippen molar-refractivity contribution >= 4 is 38.5 Å². The van der Waals surface area contributed by atoms with Crippen LogP contribution >= 0.6 is 38.5 Å². The summed E-state index contributed by atoms with van der Waals surface area (Å²) in [5.41, 5.74) is 4.96. The van der Waals surface area contributed by atoms with Gasteiger partial charge in [0.2, 0.25) is 0 Å². The summed E-state index contributed by atoms with van der Waals surface area (Å²) in [6.07, 6.45) is 1.87. The summed E-state index contributed by atoms with van der Waals surface area (Å²) in [6, 6.07) is 8.59. The number of phenols is 1. The van der Waals surface area contributed by atoms with E-state index in [9.17, 15) is 5.11 Å². The third kappa shape index (κ3) is 3.51. The molecule has 0 fully saturated rings. The number of aromatic hydroxyl groups is 1. The zero-order valence-electron chi connectivity index (χ0n) is 13.1. The van der Waals surface area contributed by atoms with E-state index in [0.717, 1.165) is 38.7 Å². The average molecular weight is 488 g/mol. The van der Waals surface area contributed by atoms with E-state index in [-0.39, 0.29) is 6.04 Å². The number of benzene rings is 2. The minimum atomic E-state index is 0.263. The number of rotatable bonds is 3. The van der Waals surface area contributed by atoms with Crippen LogP contribution in [0.2, 0.25) is 0 Å². The van der Waals surface area contributed by atoms with Gasteiger partial charge in [-0.1, -0.05) is 6.07 Å². The Morgan fingerprint density at radius 2 is 2.13 bits per heavy atom. The van der Waals surface area contributed by atoms with Crippen LogP contribution in [-0.4, -0.2) is 18.8 Å². The van der Waals surface area contributed by atoms with Crippen molar-refractivity contribution in [3.63, 3.8) is 0 Å². The fourth-order valence-corrected chi connectivity index (χ4v) is 4.66. The lowest BCUT2D eigenvalue weighted by Crippen LogP contribution is -2.31. The second-order valence-corrected chi connectivity index (χ2v) is 7.91. The zero-order valence-corrected chi connectivity index (χ0v) is 16.9. The molecule has 2 aromatic carbocycles. The molecule has 1 aliphatic heterocycles. The molecule has 3 rings (SSSR count). The Morgan fingerprint density at radius 1 is 1.35 bits per heavy atom. The van der Waals surface area contributed by atoms with Crippen LogP contribution in [0.3, 0.4) is 0 Å². The molecule has 1 atom stereocenters. The van der Waals surface area contributed by atoms with Gasteiger partial charge in [0.15, 0.2) is 0 Å². The standard InChI is InChI=1S/C18H19BrINO2/c1-10-5-11(6-15(20)18(10)23-2)7-16-13-9-14(19)17(22)8-12(13)3-4-21-16/h5-6,8-9,16,21-22H,3-4,7H2,1-2H3. The molecule has 0 radical (unpaired) electrons. The van der Waals surface area contributed by atoms with Gasteiger partial charge in [0.25, 0.3) is 0 Å². The van der Waals surface area contributed by atoms with Crippen molar-refractivity contribution < 1.29 is 9.84 Å². The van der Waals surface area contributed by atoms with Crippen molar-refractivity contribution in [2.75, 3.05) is 13.7 Å². The van der Waals surface area contributed by atoms with Gasteiger partial charge in [-0.25, -0.2) is 0 Å². The molecule has 0 aromatic heterocycles. The summed E-state index contributed by atoms with van der Waals surface area (Å²) >= 11 is 5.76. The predicted molar refractivity (Wildman–Crippen MR) is 104 cm³/mol. The smallest absolute Gasteiger partial charge is 0.135 e. The average Bonchev–Trinajstić information content (AvgIpc) is 2.49. The highest BCUT2D eigenvalue weighted by molar-refractivity contribution is 14.1. The maximum atomic E-state index is 9.90. The van der Waals surface area contributed by atoms with E-state index in [1.54, 1.807) is 7.11 Å². The second-order valence-electron chi connectivity index (χ2n) is 5.89. The van der Waals surface area contributed by atoms with Crippen LogP contribution in [0.15, 0.2) is 28.7 Å². The normalized spacial score (nSPS) is 17.0. The number of halogens is 2. The molecule has 5 heteroatoms. The van der Waals surface area contributed by atoms with E-state index in [4.69, 9.17) is 4.74 Å². The van der Waals surface area contributed by atoms with E-state index in [2.05, 4.69) is 62.9 Å². The largest absolute Gasteiger partial charge is 0.507 e. The number of hydrogen-bond donors (Lipinski definition) is 2. The third-order valence-electron chi connectivity index (χ3n) is 4.30. The maximum Gasteiger partial charge on any atom is 0.135 e. The summed E-state index contributed by atoms with van der Waals surface area (Å²) in [7, 11) is 1.72. The first-order chi connectivity index (χ1) is 11.0. The van der Waals surface area contributed by atoms with Crippen molar-refractivity contribution in [1.29, 1.82) is 0 Å². The number of fused-ring (bicyclic) bond motifs is 1. The van der Waals surface area contributed by atoms with Gasteiger partial charge in [0.1, 0.15) is 11.5 Å². The Bertz CT molecular complexity index is 725. The first-order valence-electron chi connectivity index (χ1n) is 7.57. The number of ether oxygens (including phenoxy) is 1. The summed E-state index contributed by atoms with van der Waals surface area (Å²) in [5, 5.41) is 13.5. The van der Waals surface area contributed by atoms with Crippen molar-refractivity contribution in [2.45, 2.75) is 25.8 Å². The third-order valence-corrected chi connectivity index (χ3v) is 5.74. The van der Waals surface area contributed by atoms with Gasteiger partial charge >= 0.3 is 0 Å². The monoisotopic (exact) mass is 487 g/mol. The van der Waals surface area contributed by atoms with Crippen LogP contribution in [0.1, 0.15) is 28.3 Å². The number of hydrogen-bond acceptors (Lipinski definition) is 3. The molecule has 23 heavy (non-hydrogen) atoms. The van der Waals surface area contributed by atoms with E-state index < -0.39 is 0 Å². The number of aryl methyl sites for hydroxylation is 1. The highest BCUT2D eigenvalue weighted by Gasteiger charge is 2.22. The molecule has 2 aromatic rings. The highest BCUT2D eigenvalue weighted by Crippen LogP contribution is 2.35. The topological polar surface area (TPSA) is 41.5 Å². The summed E-state index contributed by atoms with van der Waals surface area (Å²) in [4.78, 5) is 0. The molecule has 0 bridgehead atoms. The Hall–Kier alpha value is -0.790. The minimum Gasteiger partial charge on any atom is -0.507 e. The molecular weight excluding hydrogens is 469 g/mol. The fourth-order valence-electron chi connectivity index (χ4n) is 3.25. The Balaban J connectivity index is 1.92. The van der Waals surface area contributed by atoms with Gasteiger partial charge in [-0.2, -0.15) is 0 Å². The quantitative estimate of drug-likeness (QED) is 0.626. The summed E-state index contributed by atoms with van der Waals surface area (Å²) in [5.74, 6) is 1.28. The van der Waals surface area contributed by atoms with Gasteiger partial charge in [-0.3, -0.25) is 0 Å². The molecule has 2 N–H and O–H groups in total. The Kier molecular flexibility index (Phi) is 5.18. The number of phenolic OH excluding ortho intramolecular Hbond substituents is 1. The molecule has 0 spiro atoms. The van der Waals surface area contributed by atoms with Crippen LogP contribution in [0, 0.1) is 10.5 Å². The van der Waals surface area contributed by atoms with Crippen LogP contribution in [-0.2, 0) is 12.8 Å². The Morgan fingerprint density at radius 3 is 2.83 bits per heavy atom. The number of nitrogens with one attached hydrogen (secondary N) is 1. The SMILES string of the molecule is COc1c(C)cc(CC2NCCc3cc(O)c(Br)cc32)cc1I. The van der Waals surface area contributed by atoms with Gasteiger partial charge in [0.05, 0.1) is 15.2 Å². The molecule has 122 valence electrons. The van der Waals surface area contributed by atoms with Crippen molar-refractivity contribution in [3.05, 3.63) is 54.6 Å². The van der Waals surface area contributed by atoms with Crippen LogP contribution in [0.25, 0.3) is 0 Å². The molecule has 0 aliphatic carbocycles. The van der Waals surface area contributed by atoms with E-state index in [1.165, 1.54) is 16.7 Å². The summed E-state index contributed by atoms with van der Waals surface area (Å²) in [6.45, 7) is 3.02. The first-order valence-corrected chi connectivity index (χ1v) is 9.44. The number of methoxy groups -OCH3 is 1. The molecule has 0 saturated heterocycles. The summed E-state index contributed by atoms with van der Waals surface area (Å²) < 4.78 is 7.35. The lowest BCUT2D eigenvalue weighted by molar-refractivity contribution is 0.408. The lowest BCUT2D eigenvalue weighted by Gasteiger charge is -2.28. The minimum absolute atomic E-state index is 0.263.